The summed E-state index contributed by atoms with van der Waals surface area (Å²) in [5.74, 6) is -0.502. The van der Waals surface area contributed by atoms with E-state index in [1.54, 1.807) is 11.4 Å². The molecule has 0 aliphatic rings. The smallest absolute Gasteiger partial charge is 0.275 e. The highest BCUT2D eigenvalue weighted by molar-refractivity contribution is 7.14. The van der Waals surface area contributed by atoms with Gasteiger partial charge in [0.15, 0.2) is 5.13 Å². The first-order chi connectivity index (χ1) is 13.4. The van der Waals surface area contributed by atoms with E-state index in [2.05, 4.69) is 15.6 Å². The molecule has 5 nitrogen and oxygen atoms in total. The number of carbonyl (C=O) groups is 2. The van der Waals surface area contributed by atoms with Crippen LogP contribution in [0, 0.1) is 13.8 Å². The van der Waals surface area contributed by atoms with Crippen molar-refractivity contribution < 1.29 is 9.59 Å². The van der Waals surface area contributed by atoms with Gasteiger partial charge in [-0.05, 0) is 43.0 Å². The van der Waals surface area contributed by atoms with Gasteiger partial charge in [-0.2, -0.15) is 0 Å². The maximum Gasteiger partial charge on any atom is 0.275 e. The number of carbonyl (C=O) groups excluding carboxylic acids is 2. The van der Waals surface area contributed by atoms with E-state index in [1.807, 2.05) is 50.2 Å². The van der Waals surface area contributed by atoms with Crippen molar-refractivity contribution in [1.29, 1.82) is 0 Å². The number of halogens is 1. The van der Waals surface area contributed by atoms with Gasteiger partial charge >= 0.3 is 0 Å². The number of amides is 2. The molecule has 0 atom stereocenters. The Kier molecular flexibility index (Phi) is 6.44. The minimum absolute atomic E-state index is 0.136. The van der Waals surface area contributed by atoms with Crippen LogP contribution in [0.15, 0.2) is 47.8 Å². The van der Waals surface area contributed by atoms with Crippen molar-refractivity contribution in [1.82, 2.24) is 4.98 Å². The summed E-state index contributed by atoms with van der Waals surface area (Å²) in [7, 11) is 0. The predicted octanol–water partition coefficient (Wildman–Crippen LogP) is 5.24. The van der Waals surface area contributed by atoms with Crippen LogP contribution in [0.25, 0.3) is 0 Å². The Hall–Kier alpha value is -2.70. The Balaban J connectivity index is 1.59. The third-order valence-electron chi connectivity index (χ3n) is 4.14. The first kappa shape index (κ1) is 20.0. The number of aromatic nitrogens is 1. The number of nitrogens with one attached hydrogen (secondary N) is 2. The normalized spacial score (nSPS) is 10.5. The van der Waals surface area contributed by atoms with Crippen molar-refractivity contribution in [2.45, 2.75) is 26.7 Å². The van der Waals surface area contributed by atoms with E-state index in [0.717, 1.165) is 16.7 Å². The molecule has 0 aliphatic carbocycles. The van der Waals surface area contributed by atoms with Gasteiger partial charge in [-0.25, -0.2) is 4.98 Å². The summed E-state index contributed by atoms with van der Waals surface area (Å²) >= 11 is 7.45. The third kappa shape index (κ3) is 5.18. The molecule has 0 saturated heterocycles. The van der Waals surface area contributed by atoms with Crippen LogP contribution in [0.1, 0.15) is 33.6 Å². The third-order valence-corrected chi connectivity index (χ3v) is 5.19. The van der Waals surface area contributed by atoms with Crippen LogP contribution in [0.2, 0.25) is 5.02 Å². The van der Waals surface area contributed by atoms with Gasteiger partial charge in [0.2, 0.25) is 5.91 Å². The summed E-state index contributed by atoms with van der Waals surface area (Å²) < 4.78 is 0. The molecule has 2 aromatic carbocycles. The zero-order valence-corrected chi connectivity index (χ0v) is 17.2. The fraction of sp³-hybridized carbons (Fsp3) is 0.190. The maximum absolute atomic E-state index is 12.5. The molecule has 144 valence electrons. The number of hydrogen-bond donors (Lipinski definition) is 2. The highest BCUT2D eigenvalue weighted by Crippen LogP contribution is 2.28. The van der Waals surface area contributed by atoms with Gasteiger partial charge in [-0.15, -0.1) is 11.3 Å². The molecule has 1 heterocycles. The van der Waals surface area contributed by atoms with E-state index < -0.39 is 0 Å². The lowest BCUT2D eigenvalue weighted by atomic mass is 10.1. The monoisotopic (exact) mass is 413 g/mol. The lowest BCUT2D eigenvalue weighted by Gasteiger charge is -2.10. The van der Waals surface area contributed by atoms with Crippen LogP contribution in [0.3, 0.4) is 0 Å². The zero-order chi connectivity index (χ0) is 20.1. The molecule has 0 aliphatic heterocycles. The Labute approximate surface area is 172 Å². The maximum atomic E-state index is 12.5. The summed E-state index contributed by atoms with van der Waals surface area (Å²) in [4.78, 5) is 28.8. The van der Waals surface area contributed by atoms with Gasteiger partial charge < -0.3 is 10.6 Å². The number of thiazole rings is 1. The molecule has 0 radical (unpaired) electrons. The summed E-state index contributed by atoms with van der Waals surface area (Å²) in [6.45, 7) is 3.82. The van der Waals surface area contributed by atoms with Gasteiger partial charge in [0.05, 0.1) is 10.7 Å². The van der Waals surface area contributed by atoms with Crippen LogP contribution in [-0.4, -0.2) is 16.8 Å². The second-order valence-corrected chi connectivity index (χ2v) is 7.73. The molecule has 0 unspecified atom stereocenters. The molecule has 0 spiro atoms. The SMILES string of the molecule is Cc1cc(C)c(NC(=O)c2csc(NC(=O)CCc3ccccc3)n2)c(Cl)c1. The van der Waals surface area contributed by atoms with Gasteiger partial charge in [0.25, 0.3) is 5.91 Å². The molecule has 7 heteroatoms. The van der Waals surface area contributed by atoms with E-state index in [9.17, 15) is 9.59 Å². The molecule has 0 bridgehead atoms. The fourth-order valence-corrected chi connectivity index (χ4v) is 3.85. The second kappa shape index (κ2) is 8.99. The lowest BCUT2D eigenvalue weighted by molar-refractivity contribution is -0.116. The quantitative estimate of drug-likeness (QED) is 0.580. The van der Waals surface area contributed by atoms with Gasteiger partial charge in [-0.3, -0.25) is 9.59 Å². The number of benzene rings is 2. The molecule has 1 aromatic heterocycles. The number of anilines is 2. The lowest BCUT2D eigenvalue weighted by Crippen LogP contribution is -2.15. The predicted molar refractivity (Wildman–Crippen MR) is 114 cm³/mol. The van der Waals surface area contributed by atoms with Crippen molar-refractivity contribution in [3.63, 3.8) is 0 Å². The number of hydrogen-bond acceptors (Lipinski definition) is 4. The average Bonchev–Trinajstić information content (AvgIpc) is 3.12. The Morgan fingerprint density at radius 1 is 1.11 bits per heavy atom. The number of aryl methyl sites for hydroxylation is 3. The first-order valence-electron chi connectivity index (χ1n) is 8.80. The van der Waals surface area contributed by atoms with Crippen molar-refractivity contribution in [3.8, 4) is 0 Å². The second-order valence-electron chi connectivity index (χ2n) is 6.46. The largest absolute Gasteiger partial charge is 0.319 e. The van der Waals surface area contributed by atoms with Gasteiger partial charge in [-0.1, -0.05) is 48.0 Å². The highest BCUT2D eigenvalue weighted by Gasteiger charge is 2.15. The van der Waals surface area contributed by atoms with E-state index >= 15 is 0 Å². The summed E-state index contributed by atoms with van der Waals surface area (Å²) in [5.41, 5.74) is 3.80. The molecule has 2 N–H and O–H groups in total. The van der Waals surface area contributed by atoms with Crippen LogP contribution >= 0.6 is 22.9 Å². The minimum Gasteiger partial charge on any atom is -0.319 e. The Morgan fingerprint density at radius 3 is 2.57 bits per heavy atom. The highest BCUT2D eigenvalue weighted by atomic mass is 35.5. The molecule has 28 heavy (non-hydrogen) atoms. The van der Waals surface area contributed by atoms with E-state index in [4.69, 9.17) is 11.6 Å². The van der Waals surface area contributed by atoms with Crippen LogP contribution in [-0.2, 0) is 11.2 Å². The summed E-state index contributed by atoms with van der Waals surface area (Å²) in [6.07, 6.45) is 1.000. The molecule has 0 saturated carbocycles. The van der Waals surface area contributed by atoms with Crippen molar-refractivity contribution in [3.05, 3.63) is 75.3 Å². The topological polar surface area (TPSA) is 71.1 Å². The Morgan fingerprint density at radius 2 is 1.86 bits per heavy atom. The first-order valence-corrected chi connectivity index (χ1v) is 10.1. The zero-order valence-electron chi connectivity index (χ0n) is 15.6. The summed E-state index contributed by atoms with van der Waals surface area (Å²) in [5, 5.41) is 8.03. The fourth-order valence-electron chi connectivity index (χ4n) is 2.77. The number of rotatable bonds is 6. The standard InChI is InChI=1S/C21H20ClN3O2S/c1-13-10-14(2)19(16(22)11-13)25-20(27)17-12-28-21(23-17)24-18(26)9-8-15-6-4-3-5-7-15/h3-7,10-12H,8-9H2,1-2H3,(H,25,27)(H,23,24,26). The van der Waals surface area contributed by atoms with E-state index in [0.29, 0.717) is 28.7 Å². The molecule has 0 fully saturated rings. The summed E-state index contributed by atoms with van der Waals surface area (Å²) in [6, 6.07) is 13.5. The van der Waals surface area contributed by atoms with Crippen LogP contribution in [0.4, 0.5) is 10.8 Å². The van der Waals surface area contributed by atoms with Crippen molar-refractivity contribution in [2.75, 3.05) is 10.6 Å². The number of nitrogens with zero attached hydrogens (tertiary/aromatic N) is 1. The van der Waals surface area contributed by atoms with Crippen LogP contribution < -0.4 is 10.6 Å². The van der Waals surface area contributed by atoms with Gasteiger partial charge in [0, 0.05) is 11.8 Å². The molecular weight excluding hydrogens is 394 g/mol. The van der Waals surface area contributed by atoms with Crippen molar-refractivity contribution in [2.24, 2.45) is 0 Å². The van der Waals surface area contributed by atoms with Gasteiger partial charge in [0.1, 0.15) is 5.69 Å². The molecular formula is C21H20ClN3O2S. The van der Waals surface area contributed by atoms with E-state index in [-0.39, 0.29) is 17.5 Å². The average molecular weight is 414 g/mol. The minimum atomic E-state index is -0.366. The van der Waals surface area contributed by atoms with Crippen molar-refractivity contribution >= 4 is 45.6 Å². The molecule has 2 amide bonds. The molecule has 3 rings (SSSR count). The van der Waals surface area contributed by atoms with E-state index in [1.165, 1.54) is 11.3 Å². The molecule has 3 aromatic rings. The Bertz CT molecular complexity index is 979. The van der Waals surface area contributed by atoms with Crippen LogP contribution in [0.5, 0.6) is 0 Å².